The number of likely N-dealkylation sites (tertiary alicyclic amines) is 1. The van der Waals surface area contributed by atoms with E-state index in [1.807, 2.05) is 0 Å². The van der Waals surface area contributed by atoms with Crippen molar-refractivity contribution in [1.29, 1.82) is 0 Å². The molecule has 0 amide bonds. The lowest BCUT2D eigenvalue weighted by Crippen LogP contribution is -2.37. The minimum Gasteiger partial charge on any atom is -0.367 e. The SMILES string of the molecule is CC(C)N(c1ccc(CN2CCC(C(c3ccccc3)c3ccccc3)CC2)cc1)C(C)C. The van der Waals surface area contributed by atoms with Crippen molar-refractivity contribution in [1.82, 2.24) is 4.90 Å². The van der Waals surface area contributed by atoms with Gasteiger partial charge in [-0.05, 0) is 88.4 Å². The lowest BCUT2D eigenvalue weighted by atomic mass is 9.76. The third-order valence-electron chi connectivity index (χ3n) is 7.17. The van der Waals surface area contributed by atoms with Crippen LogP contribution in [0.5, 0.6) is 0 Å². The predicted molar refractivity (Wildman–Crippen MR) is 142 cm³/mol. The summed E-state index contributed by atoms with van der Waals surface area (Å²) in [5.41, 5.74) is 5.67. The molecular formula is C31H40N2. The minimum atomic E-state index is 0.492. The normalized spacial score (nSPS) is 15.5. The number of hydrogen-bond acceptors (Lipinski definition) is 2. The molecule has 2 nitrogen and oxygen atoms in total. The van der Waals surface area contributed by atoms with Gasteiger partial charge in [0.05, 0.1) is 0 Å². The van der Waals surface area contributed by atoms with Crippen LogP contribution in [0, 0.1) is 5.92 Å². The van der Waals surface area contributed by atoms with Gasteiger partial charge in [0.15, 0.2) is 0 Å². The first-order valence-corrected chi connectivity index (χ1v) is 12.7. The van der Waals surface area contributed by atoms with Crippen molar-refractivity contribution in [2.45, 2.75) is 65.1 Å². The Labute approximate surface area is 201 Å². The third-order valence-corrected chi connectivity index (χ3v) is 7.17. The summed E-state index contributed by atoms with van der Waals surface area (Å²) >= 11 is 0. The molecule has 1 aliphatic heterocycles. The predicted octanol–water partition coefficient (Wildman–Crippen LogP) is 7.35. The summed E-state index contributed by atoms with van der Waals surface area (Å²) in [4.78, 5) is 5.13. The summed E-state index contributed by atoms with van der Waals surface area (Å²) in [7, 11) is 0. The molecule has 0 spiro atoms. The topological polar surface area (TPSA) is 6.48 Å². The zero-order valence-electron chi connectivity index (χ0n) is 20.8. The van der Waals surface area contributed by atoms with Gasteiger partial charge in [0, 0.05) is 30.2 Å². The number of hydrogen-bond donors (Lipinski definition) is 0. The molecular weight excluding hydrogens is 400 g/mol. The van der Waals surface area contributed by atoms with Crippen LogP contribution >= 0.6 is 0 Å². The van der Waals surface area contributed by atoms with E-state index in [1.165, 1.54) is 48.3 Å². The van der Waals surface area contributed by atoms with Crippen molar-refractivity contribution in [3.63, 3.8) is 0 Å². The Morgan fingerprint density at radius 2 is 1.18 bits per heavy atom. The molecule has 0 radical (unpaired) electrons. The van der Waals surface area contributed by atoms with Crippen molar-refractivity contribution < 1.29 is 0 Å². The third kappa shape index (κ3) is 5.86. The first-order valence-electron chi connectivity index (χ1n) is 12.7. The van der Waals surface area contributed by atoms with Gasteiger partial charge in [-0.2, -0.15) is 0 Å². The van der Waals surface area contributed by atoms with E-state index in [-0.39, 0.29) is 0 Å². The van der Waals surface area contributed by atoms with Gasteiger partial charge in [-0.1, -0.05) is 72.8 Å². The van der Waals surface area contributed by atoms with Crippen molar-refractivity contribution in [3.05, 3.63) is 102 Å². The molecule has 3 aromatic rings. The monoisotopic (exact) mass is 440 g/mol. The van der Waals surface area contributed by atoms with E-state index in [0.29, 0.717) is 23.9 Å². The fraction of sp³-hybridized carbons (Fsp3) is 0.419. The average Bonchev–Trinajstić information content (AvgIpc) is 2.83. The van der Waals surface area contributed by atoms with Gasteiger partial charge in [-0.15, -0.1) is 0 Å². The lowest BCUT2D eigenvalue weighted by molar-refractivity contribution is 0.168. The number of benzene rings is 3. The molecule has 0 unspecified atom stereocenters. The van der Waals surface area contributed by atoms with Crippen molar-refractivity contribution in [2.24, 2.45) is 5.92 Å². The number of nitrogens with zero attached hydrogens (tertiary/aromatic N) is 2. The number of rotatable bonds is 8. The smallest absolute Gasteiger partial charge is 0.0371 e. The Bertz CT molecular complexity index is 907. The van der Waals surface area contributed by atoms with Gasteiger partial charge >= 0.3 is 0 Å². The lowest BCUT2D eigenvalue weighted by Gasteiger charge is -2.37. The maximum Gasteiger partial charge on any atom is 0.0371 e. The highest BCUT2D eigenvalue weighted by molar-refractivity contribution is 5.49. The zero-order valence-corrected chi connectivity index (χ0v) is 20.8. The Kier molecular flexibility index (Phi) is 7.88. The summed E-state index contributed by atoms with van der Waals surface area (Å²) in [5.74, 6) is 1.19. The summed E-state index contributed by atoms with van der Waals surface area (Å²) in [5, 5.41) is 0. The molecule has 4 rings (SSSR count). The second-order valence-electron chi connectivity index (χ2n) is 10.2. The number of anilines is 1. The molecule has 174 valence electrons. The second kappa shape index (κ2) is 11.0. The van der Waals surface area contributed by atoms with E-state index in [0.717, 1.165) is 6.54 Å². The van der Waals surface area contributed by atoms with E-state index in [2.05, 4.69) is 122 Å². The summed E-state index contributed by atoms with van der Waals surface area (Å²) in [6.45, 7) is 12.5. The van der Waals surface area contributed by atoms with Gasteiger partial charge < -0.3 is 4.90 Å². The standard InChI is InChI=1S/C31H40N2/c1-24(2)33(25(3)4)30-17-15-26(16-18-30)23-32-21-19-29(20-22-32)31(27-11-7-5-8-12-27)28-13-9-6-10-14-28/h5-18,24-25,29,31H,19-23H2,1-4H3. The van der Waals surface area contributed by atoms with Crippen LogP contribution in [-0.2, 0) is 6.54 Å². The maximum absolute atomic E-state index is 2.64. The van der Waals surface area contributed by atoms with Crippen LogP contribution in [0.4, 0.5) is 5.69 Å². The molecule has 1 fully saturated rings. The van der Waals surface area contributed by atoms with E-state index in [1.54, 1.807) is 0 Å². The quantitative estimate of drug-likeness (QED) is 0.361. The van der Waals surface area contributed by atoms with Crippen LogP contribution in [0.25, 0.3) is 0 Å². The average molecular weight is 441 g/mol. The Morgan fingerprint density at radius 1 is 0.697 bits per heavy atom. The van der Waals surface area contributed by atoms with Crippen LogP contribution in [0.2, 0.25) is 0 Å². The summed E-state index contributed by atoms with van der Waals surface area (Å²) < 4.78 is 0. The van der Waals surface area contributed by atoms with Crippen LogP contribution in [0.3, 0.4) is 0 Å². The Hall–Kier alpha value is -2.58. The molecule has 0 aliphatic carbocycles. The maximum atomic E-state index is 2.64. The molecule has 0 aromatic heterocycles. The molecule has 0 saturated carbocycles. The van der Waals surface area contributed by atoms with Crippen molar-refractivity contribution in [2.75, 3.05) is 18.0 Å². The highest BCUT2D eigenvalue weighted by atomic mass is 15.2. The van der Waals surface area contributed by atoms with Gasteiger partial charge in [0.2, 0.25) is 0 Å². The van der Waals surface area contributed by atoms with E-state index >= 15 is 0 Å². The highest BCUT2D eigenvalue weighted by Gasteiger charge is 2.28. The van der Waals surface area contributed by atoms with Gasteiger partial charge in [0.1, 0.15) is 0 Å². The van der Waals surface area contributed by atoms with Crippen LogP contribution < -0.4 is 4.90 Å². The fourth-order valence-corrected chi connectivity index (χ4v) is 5.73. The molecule has 1 aliphatic rings. The van der Waals surface area contributed by atoms with E-state index in [4.69, 9.17) is 0 Å². The second-order valence-corrected chi connectivity index (χ2v) is 10.2. The molecule has 3 aromatic carbocycles. The molecule has 1 saturated heterocycles. The number of piperidine rings is 1. The molecule has 0 N–H and O–H groups in total. The minimum absolute atomic E-state index is 0.492. The molecule has 2 heteroatoms. The molecule has 0 atom stereocenters. The fourth-order valence-electron chi connectivity index (χ4n) is 5.73. The van der Waals surface area contributed by atoms with E-state index < -0.39 is 0 Å². The van der Waals surface area contributed by atoms with Crippen LogP contribution in [-0.4, -0.2) is 30.1 Å². The van der Waals surface area contributed by atoms with Gasteiger partial charge in [0.25, 0.3) is 0 Å². The van der Waals surface area contributed by atoms with Crippen molar-refractivity contribution >= 4 is 5.69 Å². The first-order chi connectivity index (χ1) is 16.0. The van der Waals surface area contributed by atoms with Gasteiger partial charge in [-0.3, -0.25) is 4.90 Å². The largest absolute Gasteiger partial charge is 0.367 e. The zero-order chi connectivity index (χ0) is 23.2. The van der Waals surface area contributed by atoms with Gasteiger partial charge in [-0.25, -0.2) is 0 Å². The highest BCUT2D eigenvalue weighted by Crippen LogP contribution is 2.38. The van der Waals surface area contributed by atoms with Crippen LogP contribution in [0.1, 0.15) is 63.1 Å². The first kappa shape index (κ1) is 23.6. The Morgan fingerprint density at radius 3 is 1.64 bits per heavy atom. The van der Waals surface area contributed by atoms with Crippen LogP contribution in [0.15, 0.2) is 84.9 Å². The Balaban J connectivity index is 1.40. The molecule has 1 heterocycles. The summed E-state index contributed by atoms with van der Waals surface area (Å²) in [6, 6.07) is 32.5. The molecule has 0 bridgehead atoms. The summed E-state index contributed by atoms with van der Waals surface area (Å²) in [6.07, 6.45) is 2.50. The molecule has 33 heavy (non-hydrogen) atoms. The van der Waals surface area contributed by atoms with E-state index in [9.17, 15) is 0 Å². The van der Waals surface area contributed by atoms with Crippen molar-refractivity contribution in [3.8, 4) is 0 Å².